The van der Waals surface area contributed by atoms with Crippen LogP contribution in [0.3, 0.4) is 0 Å². The third kappa shape index (κ3) is 2.65. The number of benzene rings is 1. The Kier molecular flexibility index (Phi) is 3.65. The highest BCUT2D eigenvalue weighted by molar-refractivity contribution is 7.13. The third-order valence-electron chi connectivity index (χ3n) is 4.58. The minimum Gasteiger partial charge on any atom is -0.338 e. The van der Waals surface area contributed by atoms with Crippen molar-refractivity contribution in [3.8, 4) is 0 Å². The van der Waals surface area contributed by atoms with Crippen molar-refractivity contribution in [1.82, 2.24) is 14.5 Å². The van der Waals surface area contributed by atoms with E-state index in [2.05, 4.69) is 21.7 Å². The topological polar surface area (TPSA) is 38.1 Å². The third-order valence-corrected chi connectivity index (χ3v) is 5.57. The van der Waals surface area contributed by atoms with Crippen molar-refractivity contribution in [1.29, 1.82) is 0 Å². The number of thiophene rings is 1. The predicted octanol–water partition coefficient (Wildman–Crippen LogP) is 3.88. The van der Waals surface area contributed by atoms with Crippen LogP contribution >= 0.6 is 11.3 Å². The zero-order valence-corrected chi connectivity index (χ0v) is 13.9. The molecule has 0 unspecified atom stereocenters. The highest BCUT2D eigenvalue weighted by atomic mass is 32.1. The summed E-state index contributed by atoms with van der Waals surface area (Å²) in [6.45, 7) is 3.66. The molecule has 23 heavy (non-hydrogen) atoms. The average Bonchev–Trinajstić information content (AvgIpc) is 3.21. The Morgan fingerprint density at radius 1 is 1.17 bits per heavy atom. The highest BCUT2D eigenvalue weighted by Crippen LogP contribution is 2.28. The van der Waals surface area contributed by atoms with Crippen LogP contribution in [0.15, 0.2) is 42.7 Å². The lowest BCUT2D eigenvalue weighted by Crippen LogP contribution is -2.38. The Bertz CT molecular complexity index is 843. The van der Waals surface area contributed by atoms with E-state index in [0.717, 1.165) is 36.3 Å². The van der Waals surface area contributed by atoms with Crippen molar-refractivity contribution >= 4 is 28.3 Å². The molecule has 0 N–H and O–H groups in total. The summed E-state index contributed by atoms with van der Waals surface area (Å²) in [5.41, 5.74) is 2.23. The fraction of sp³-hybridized carbons (Fsp3) is 0.333. The van der Waals surface area contributed by atoms with Crippen LogP contribution in [0.4, 0.5) is 0 Å². The predicted molar refractivity (Wildman–Crippen MR) is 93.0 cm³/mol. The van der Waals surface area contributed by atoms with E-state index in [1.165, 1.54) is 10.4 Å². The summed E-state index contributed by atoms with van der Waals surface area (Å²) in [7, 11) is 0. The van der Waals surface area contributed by atoms with Gasteiger partial charge in [0.2, 0.25) is 0 Å². The molecule has 3 heterocycles. The molecule has 0 spiro atoms. The summed E-state index contributed by atoms with van der Waals surface area (Å²) in [6.07, 6.45) is 3.91. The number of imidazole rings is 1. The minimum absolute atomic E-state index is 0.178. The molecule has 0 aliphatic carbocycles. The highest BCUT2D eigenvalue weighted by Gasteiger charge is 2.25. The molecule has 118 valence electrons. The molecule has 0 atom stereocenters. The molecule has 1 fully saturated rings. The number of likely N-dealkylation sites (tertiary alicyclic amines) is 1. The number of amides is 1. The molecule has 1 saturated heterocycles. The zero-order chi connectivity index (χ0) is 15.8. The maximum Gasteiger partial charge on any atom is 0.263 e. The molecule has 1 aliphatic heterocycles. The zero-order valence-electron chi connectivity index (χ0n) is 13.1. The molecule has 2 aromatic heterocycles. The van der Waals surface area contributed by atoms with Crippen LogP contribution in [0.5, 0.6) is 0 Å². The maximum absolute atomic E-state index is 12.5. The van der Waals surface area contributed by atoms with Gasteiger partial charge in [0.15, 0.2) is 0 Å². The van der Waals surface area contributed by atoms with Crippen LogP contribution in [0.2, 0.25) is 0 Å². The number of piperidine rings is 1. The molecule has 3 aromatic rings. The Hall–Kier alpha value is -2.14. The van der Waals surface area contributed by atoms with Crippen molar-refractivity contribution in [3.05, 3.63) is 52.5 Å². The number of fused-ring (bicyclic) bond motifs is 1. The van der Waals surface area contributed by atoms with E-state index in [1.54, 1.807) is 11.3 Å². The van der Waals surface area contributed by atoms with E-state index in [-0.39, 0.29) is 5.91 Å². The van der Waals surface area contributed by atoms with Gasteiger partial charge in [0.05, 0.1) is 22.2 Å². The number of rotatable bonds is 2. The van der Waals surface area contributed by atoms with Gasteiger partial charge in [-0.1, -0.05) is 12.1 Å². The first-order chi connectivity index (χ1) is 11.2. The number of hydrogen-bond acceptors (Lipinski definition) is 3. The summed E-state index contributed by atoms with van der Waals surface area (Å²) < 4.78 is 2.27. The van der Waals surface area contributed by atoms with E-state index in [9.17, 15) is 4.79 Å². The SMILES string of the molecule is Cc1ccc(C(=O)N2CCC(n3cnc4ccccc43)CC2)s1. The van der Waals surface area contributed by atoms with Gasteiger partial charge in [-0.2, -0.15) is 0 Å². The molecule has 1 aliphatic rings. The lowest BCUT2D eigenvalue weighted by atomic mass is 10.0. The molecule has 0 bridgehead atoms. The fourth-order valence-corrected chi connectivity index (χ4v) is 4.16. The van der Waals surface area contributed by atoms with Crippen LogP contribution in [0, 0.1) is 6.92 Å². The van der Waals surface area contributed by atoms with Crippen LogP contribution in [-0.2, 0) is 0 Å². The van der Waals surface area contributed by atoms with Crippen molar-refractivity contribution in [2.24, 2.45) is 0 Å². The van der Waals surface area contributed by atoms with Gasteiger partial charge in [-0.15, -0.1) is 11.3 Å². The second kappa shape index (κ2) is 5.81. The maximum atomic E-state index is 12.5. The second-order valence-electron chi connectivity index (χ2n) is 6.07. The van der Waals surface area contributed by atoms with E-state index < -0.39 is 0 Å². The minimum atomic E-state index is 0.178. The van der Waals surface area contributed by atoms with E-state index in [0.29, 0.717) is 6.04 Å². The second-order valence-corrected chi connectivity index (χ2v) is 7.36. The summed E-state index contributed by atoms with van der Waals surface area (Å²) in [5, 5.41) is 0. The van der Waals surface area contributed by atoms with Gasteiger partial charge >= 0.3 is 0 Å². The first-order valence-corrected chi connectivity index (χ1v) is 8.81. The Morgan fingerprint density at radius 3 is 2.70 bits per heavy atom. The summed E-state index contributed by atoms with van der Waals surface area (Å²) in [6, 6.07) is 12.6. The van der Waals surface area contributed by atoms with Gasteiger partial charge in [0, 0.05) is 24.0 Å². The van der Waals surface area contributed by atoms with Crippen LogP contribution in [0.25, 0.3) is 11.0 Å². The lowest BCUT2D eigenvalue weighted by molar-refractivity contribution is 0.0701. The van der Waals surface area contributed by atoms with Crippen molar-refractivity contribution in [3.63, 3.8) is 0 Å². The Balaban J connectivity index is 1.48. The van der Waals surface area contributed by atoms with Gasteiger partial charge in [-0.3, -0.25) is 4.79 Å². The smallest absolute Gasteiger partial charge is 0.263 e. The fourth-order valence-electron chi connectivity index (χ4n) is 3.32. The normalized spacial score (nSPS) is 16.1. The molecule has 1 aromatic carbocycles. The standard InChI is InChI=1S/C18H19N3OS/c1-13-6-7-17(23-13)18(22)20-10-8-14(9-11-20)21-12-19-15-4-2-3-5-16(15)21/h2-7,12,14H,8-11H2,1H3. The average molecular weight is 325 g/mol. The Morgan fingerprint density at radius 2 is 1.96 bits per heavy atom. The number of hydrogen-bond donors (Lipinski definition) is 0. The molecule has 0 radical (unpaired) electrons. The number of carbonyl (C=O) groups is 1. The van der Waals surface area contributed by atoms with Crippen LogP contribution in [0.1, 0.15) is 33.4 Å². The van der Waals surface area contributed by atoms with Gasteiger partial charge in [-0.25, -0.2) is 4.98 Å². The molecule has 4 nitrogen and oxygen atoms in total. The monoisotopic (exact) mass is 325 g/mol. The molecular weight excluding hydrogens is 306 g/mol. The first-order valence-electron chi connectivity index (χ1n) is 7.99. The number of carbonyl (C=O) groups excluding carboxylic acids is 1. The number of aromatic nitrogens is 2. The molecule has 1 amide bonds. The van der Waals surface area contributed by atoms with Gasteiger partial charge < -0.3 is 9.47 Å². The summed E-state index contributed by atoms with van der Waals surface area (Å²) >= 11 is 1.58. The van der Waals surface area contributed by atoms with Crippen LogP contribution in [-0.4, -0.2) is 33.4 Å². The Labute approximate surface area is 139 Å². The van der Waals surface area contributed by atoms with Gasteiger partial charge in [0.1, 0.15) is 0 Å². The first kappa shape index (κ1) is 14.5. The van der Waals surface area contributed by atoms with E-state index in [1.807, 2.05) is 42.4 Å². The van der Waals surface area contributed by atoms with Crippen molar-refractivity contribution in [2.45, 2.75) is 25.8 Å². The number of nitrogens with zero attached hydrogens (tertiary/aromatic N) is 3. The van der Waals surface area contributed by atoms with E-state index in [4.69, 9.17) is 0 Å². The quantitative estimate of drug-likeness (QED) is 0.717. The van der Waals surface area contributed by atoms with Crippen molar-refractivity contribution in [2.75, 3.05) is 13.1 Å². The van der Waals surface area contributed by atoms with Gasteiger partial charge in [0.25, 0.3) is 5.91 Å². The largest absolute Gasteiger partial charge is 0.338 e. The molecule has 5 heteroatoms. The molecule has 0 saturated carbocycles. The van der Waals surface area contributed by atoms with E-state index >= 15 is 0 Å². The molecular formula is C18H19N3OS. The lowest BCUT2D eigenvalue weighted by Gasteiger charge is -2.32. The number of para-hydroxylation sites is 2. The summed E-state index contributed by atoms with van der Waals surface area (Å²) in [4.78, 5) is 21.0. The van der Waals surface area contributed by atoms with Crippen molar-refractivity contribution < 1.29 is 4.79 Å². The summed E-state index contributed by atoms with van der Waals surface area (Å²) in [5.74, 6) is 0.178. The number of aryl methyl sites for hydroxylation is 1. The van der Waals surface area contributed by atoms with Gasteiger partial charge in [-0.05, 0) is 44.0 Å². The van der Waals surface area contributed by atoms with Crippen LogP contribution < -0.4 is 0 Å². The molecule has 4 rings (SSSR count).